The molecule has 0 saturated heterocycles. The van der Waals surface area contributed by atoms with Gasteiger partial charge in [-0.25, -0.2) is 0 Å². The molecule has 0 spiro atoms. The van der Waals surface area contributed by atoms with Gasteiger partial charge in [-0.1, -0.05) is 33.6 Å². The third-order valence-electron chi connectivity index (χ3n) is 1.96. The molecule has 0 aliphatic heterocycles. The fraction of sp³-hybridized carbons (Fsp3) is 0.500. The van der Waals surface area contributed by atoms with Crippen molar-refractivity contribution in [1.29, 1.82) is 0 Å². The average Bonchev–Trinajstić information content (AvgIpc) is 2.30. The van der Waals surface area contributed by atoms with Gasteiger partial charge in [0, 0.05) is 38.5 Å². The summed E-state index contributed by atoms with van der Waals surface area (Å²) in [7, 11) is -5.62. The van der Waals surface area contributed by atoms with Crippen LogP contribution in [-0.4, -0.2) is 13.9 Å². The van der Waals surface area contributed by atoms with Crippen LogP contribution < -0.4 is 4.18 Å². The summed E-state index contributed by atoms with van der Waals surface area (Å²) in [4.78, 5) is 0. The zero-order chi connectivity index (χ0) is 15.3. The fourth-order valence-electron chi connectivity index (χ4n) is 0.999. The van der Waals surface area contributed by atoms with Gasteiger partial charge in [0.05, 0.1) is 0 Å². The van der Waals surface area contributed by atoms with E-state index in [4.69, 9.17) is 0 Å². The standard InChI is InChI=1S/C10H10F3O3S.C2H6.Y/c1-7(2)8-3-5-9(6-4-8)16-17(14,15)10(11,12)13;1-2;/h3-5,7H,1-2H3;1-2H3;/q-1;;. The maximum Gasteiger partial charge on any atom is 0.534 e. The van der Waals surface area contributed by atoms with Crippen molar-refractivity contribution in [3.05, 3.63) is 29.8 Å². The van der Waals surface area contributed by atoms with Crippen molar-refractivity contribution < 1.29 is 58.5 Å². The topological polar surface area (TPSA) is 43.4 Å². The number of benzene rings is 1. The number of rotatable bonds is 3. The molecule has 1 aromatic rings. The van der Waals surface area contributed by atoms with Crippen LogP contribution in [0.2, 0.25) is 0 Å². The van der Waals surface area contributed by atoms with E-state index in [0.29, 0.717) is 0 Å². The average molecular weight is 386 g/mol. The Balaban J connectivity index is 0. The Hall–Kier alpha value is -0.136. The quantitative estimate of drug-likeness (QED) is 0.450. The molecular formula is C12H16F3O3SY-. The molecule has 0 bridgehead atoms. The van der Waals surface area contributed by atoms with Gasteiger partial charge in [0.25, 0.3) is 0 Å². The second-order valence-corrected chi connectivity index (χ2v) is 5.16. The predicted octanol–water partition coefficient (Wildman–Crippen LogP) is 3.86. The van der Waals surface area contributed by atoms with E-state index in [-0.39, 0.29) is 38.6 Å². The van der Waals surface area contributed by atoms with Gasteiger partial charge in [-0.2, -0.15) is 39.3 Å². The maximum atomic E-state index is 12.0. The molecule has 0 atom stereocenters. The second-order valence-electron chi connectivity index (χ2n) is 3.62. The molecule has 0 aromatic heterocycles. The first-order valence-electron chi connectivity index (χ1n) is 5.66. The van der Waals surface area contributed by atoms with E-state index in [0.717, 1.165) is 11.6 Å². The molecule has 0 N–H and O–H groups in total. The van der Waals surface area contributed by atoms with Crippen LogP contribution in [0, 0.1) is 6.07 Å². The molecule has 20 heavy (non-hydrogen) atoms. The minimum absolute atomic E-state index is 0. The van der Waals surface area contributed by atoms with E-state index in [1.807, 2.05) is 27.7 Å². The van der Waals surface area contributed by atoms with E-state index in [1.54, 1.807) is 0 Å². The first-order chi connectivity index (χ1) is 8.63. The number of hydrogen-bond acceptors (Lipinski definition) is 3. The summed E-state index contributed by atoms with van der Waals surface area (Å²) in [6.07, 6.45) is 0. The monoisotopic (exact) mass is 386 g/mol. The van der Waals surface area contributed by atoms with Crippen LogP contribution in [0.1, 0.15) is 39.2 Å². The van der Waals surface area contributed by atoms with Crippen LogP contribution in [0.4, 0.5) is 13.2 Å². The minimum Gasteiger partial charge on any atom is -0.403 e. The summed E-state index contributed by atoms with van der Waals surface area (Å²) in [5.41, 5.74) is -4.61. The van der Waals surface area contributed by atoms with Gasteiger partial charge >= 0.3 is 15.6 Å². The molecule has 1 aromatic carbocycles. The molecule has 0 fully saturated rings. The predicted molar refractivity (Wildman–Crippen MR) is 66.3 cm³/mol. The summed E-state index contributed by atoms with van der Waals surface area (Å²) >= 11 is 0. The first-order valence-corrected chi connectivity index (χ1v) is 7.06. The van der Waals surface area contributed by atoms with Crippen LogP contribution in [0.15, 0.2) is 18.2 Å². The van der Waals surface area contributed by atoms with Crippen LogP contribution >= 0.6 is 0 Å². The smallest absolute Gasteiger partial charge is 0.403 e. The zero-order valence-corrected chi connectivity index (χ0v) is 15.3. The Morgan fingerprint density at radius 2 is 1.70 bits per heavy atom. The zero-order valence-electron chi connectivity index (χ0n) is 11.7. The van der Waals surface area contributed by atoms with Gasteiger partial charge in [0.2, 0.25) is 0 Å². The van der Waals surface area contributed by atoms with Crippen LogP contribution in [0.3, 0.4) is 0 Å². The first kappa shape index (κ1) is 22.2. The maximum absolute atomic E-state index is 12.0. The molecule has 3 nitrogen and oxygen atoms in total. The van der Waals surface area contributed by atoms with Crippen molar-refractivity contribution >= 4 is 10.1 Å². The number of hydrogen-bond donors (Lipinski definition) is 0. The molecule has 0 heterocycles. The number of halogens is 3. The Bertz CT molecular complexity index is 482. The second kappa shape index (κ2) is 9.00. The molecule has 0 amide bonds. The van der Waals surface area contributed by atoms with Gasteiger partial charge in [-0.15, -0.1) is 12.1 Å². The summed E-state index contributed by atoms with van der Waals surface area (Å²) < 4.78 is 61.2. The summed E-state index contributed by atoms with van der Waals surface area (Å²) in [5.74, 6) is -0.314. The van der Waals surface area contributed by atoms with Crippen molar-refractivity contribution in [2.24, 2.45) is 0 Å². The Kier molecular flexibility index (Phi) is 9.97. The minimum atomic E-state index is -5.62. The van der Waals surface area contributed by atoms with Crippen LogP contribution in [0.25, 0.3) is 0 Å². The van der Waals surface area contributed by atoms with Gasteiger partial charge in [-0.05, 0) is 0 Å². The molecule has 0 aliphatic carbocycles. The van der Waals surface area contributed by atoms with Gasteiger partial charge in [0.1, 0.15) is 0 Å². The van der Waals surface area contributed by atoms with E-state index in [9.17, 15) is 21.6 Å². The molecule has 0 unspecified atom stereocenters. The summed E-state index contributed by atoms with van der Waals surface area (Å²) in [6, 6.07) is 6.37. The third-order valence-corrected chi connectivity index (χ3v) is 2.92. The largest absolute Gasteiger partial charge is 0.534 e. The molecule has 0 aliphatic rings. The third kappa shape index (κ3) is 6.54. The van der Waals surface area contributed by atoms with E-state index in [1.165, 1.54) is 12.1 Å². The summed E-state index contributed by atoms with van der Waals surface area (Å²) in [6.45, 7) is 7.77. The summed E-state index contributed by atoms with van der Waals surface area (Å²) in [5, 5.41) is 0. The van der Waals surface area contributed by atoms with Crippen LogP contribution in [-0.2, 0) is 42.8 Å². The Labute approximate surface area is 142 Å². The van der Waals surface area contributed by atoms with E-state index >= 15 is 0 Å². The molecular weight excluding hydrogens is 370 g/mol. The Morgan fingerprint density at radius 1 is 1.20 bits per heavy atom. The molecule has 113 valence electrons. The number of alkyl halides is 3. The van der Waals surface area contributed by atoms with Gasteiger partial charge in [-0.3, -0.25) is 0 Å². The SMILES string of the molecule is CC.CC(C)c1c[c-]c(OS(=O)(=O)C(F)(F)F)cc1.[Y]. The van der Waals surface area contributed by atoms with E-state index < -0.39 is 21.4 Å². The molecule has 1 rings (SSSR count). The Morgan fingerprint density at radius 3 is 2.00 bits per heavy atom. The van der Waals surface area contributed by atoms with Crippen LogP contribution in [0.5, 0.6) is 5.75 Å². The van der Waals surface area contributed by atoms with Crippen molar-refractivity contribution in [2.45, 2.75) is 39.1 Å². The molecule has 0 saturated carbocycles. The molecule has 1 radical (unpaired) electrons. The van der Waals surface area contributed by atoms with Crippen molar-refractivity contribution in [2.75, 3.05) is 0 Å². The van der Waals surface area contributed by atoms with Crippen molar-refractivity contribution in [3.8, 4) is 5.75 Å². The van der Waals surface area contributed by atoms with Crippen molar-refractivity contribution in [3.63, 3.8) is 0 Å². The van der Waals surface area contributed by atoms with Gasteiger partial charge < -0.3 is 4.18 Å². The van der Waals surface area contributed by atoms with E-state index in [2.05, 4.69) is 10.2 Å². The van der Waals surface area contributed by atoms with Crippen molar-refractivity contribution in [1.82, 2.24) is 0 Å². The molecule has 8 heteroatoms. The van der Waals surface area contributed by atoms with Gasteiger partial charge in [0.15, 0.2) is 0 Å². The fourth-order valence-corrected chi connectivity index (χ4v) is 1.43. The normalized spacial score (nSPS) is 11.2.